The Morgan fingerprint density at radius 1 is 1.25 bits per heavy atom. The zero-order valence-electron chi connectivity index (χ0n) is 12.2. The molecular weight excluding hydrogens is 382 g/mol. The number of benzene rings is 1. The van der Waals surface area contributed by atoms with E-state index < -0.39 is 0 Å². The summed E-state index contributed by atoms with van der Waals surface area (Å²) in [5.41, 5.74) is 1.30. The molecule has 0 aliphatic rings. The summed E-state index contributed by atoms with van der Waals surface area (Å²) < 4.78 is 7.67. The van der Waals surface area contributed by atoms with Gasteiger partial charge in [0.05, 0.1) is 15.6 Å². The fourth-order valence-electron chi connectivity index (χ4n) is 1.57. The molecule has 110 valence electrons. The van der Waals surface area contributed by atoms with Crippen LogP contribution in [-0.4, -0.2) is 12.1 Å². The van der Waals surface area contributed by atoms with Crippen molar-refractivity contribution in [2.24, 2.45) is 0 Å². The van der Waals surface area contributed by atoms with Gasteiger partial charge in [-0.25, -0.2) is 0 Å². The average Bonchev–Trinajstić information content (AvgIpc) is 2.34. The molecule has 0 saturated heterocycles. The number of ether oxygens (including phenoxy) is 1. The number of terminal acetylenes is 1. The van der Waals surface area contributed by atoms with E-state index in [0.29, 0.717) is 6.61 Å². The highest BCUT2D eigenvalue weighted by atomic mass is 79.9. The Hall–Kier alpha value is -0.500. The van der Waals surface area contributed by atoms with Crippen LogP contribution in [0.2, 0.25) is 0 Å². The van der Waals surface area contributed by atoms with Crippen molar-refractivity contribution in [3.05, 3.63) is 26.6 Å². The highest BCUT2D eigenvalue weighted by Crippen LogP contribution is 2.35. The predicted molar refractivity (Wildman–Crippen MR) is 92.0 cm³/mol. The first-order valence-corrected chi connectivity index (χ1v) is 8.21. The molecule has 0 bridgehead atoms. The molecule has 1 aromatic rings. The molecule has 2 nitrogen and oxygen atoms in total. The zero-order valence-corrected chi connectivity index (χ0v) is 15.4. The Morgan fingerprint density at radius 3 is 2.35 bits per heavy atom. The molecule has 0 spiro atoms. The standard InChI is InChI=1S/C16H21Br2NO/c1-5-6-7-8-20-15-13(17)9-12(10-14(15)18)11-19-16(2,3)4/h1,9-10,19H,6-8,11H2,2-4H3. The monoisotopic (exact) mass is 401 g/mol. The van der Waals surface area contributed by atoms with Crippen LogP contribution in [0.15, 0.2) is 21.1 Å². The van der Waals surface area contributed by atoms with Crippen LogP contribution in [0.4, 0.5) is 0 Å². The van der Waals surface area contributed by atoms with E-state index in [1.165, 1.54) is 5.56 Å². The minimum atomic E-state index is 0.101. The third kappa shape index (κ3) is 6.30. The molecule has 0 aliphatic heterocycles. The van der Waals surface area contributed by atoms with Gasteiger partial charge in [-0.05, 0) is 76.7 Å². The molecule has 1 N–H and O–H groups in total. The van der Waals surface area contributed by atoms with Gasteiger partial charge in [-0.2, -0.15) is 0 Å². The van der Waals surface area contributed by atoms with Gasteiger partial charge in [0.2, 0.25) is 0 Å². The van der Waals surface area contributed by atoms with Crippen molar-refractivity contribution < 1.29 is 4.74 Å². The van der Waals surface area contributed by atoms with Crippen LogP contribution < -0.4 is 10.1 Å². The summed E-state index contributed by atoms with van der Waals surface area (Å²) in [6.07, 6.45) is 6.83. The van der Waals surface area contributed by atoms with Crippen LogP contribution >= 0.6 is 31.9 Å². The van der Waals surface area contributed by atoms with Gasteiger partial charge < -0.3 is 10.1 Å². The molecule has 1 rings (SSSR count). The highest BCUT2D eigenvalue weighted by Gasteiger charge is 2.12. The van der Waals surface area contributed by atoms with Crippen LogP contribution in [0.25, 0.3) is 0 Å². The predicted octanol–water partition coefficient (Wildman–Crippen LogP) is 4.89. The number of rotatable bonds is 6. The van der Waals surface area contributed by atoms with Crippen molar-refractivity contribution in [2.75, 3.05) is 6.61 Å². The van der Waals surface area contributed by atoms with Crippen molar-refractivity contribution in [1.82, 2.24) is 5.32 Å². The molecule has 4 heteroatoms. The van der Waals surface area contributed by atoms with Gasteiger partial charge in [-0.15, -0.1) is 12.3 Å². The lowest BCUT2D eigenvalue weighted by atomic mass is 10.1. The summed E-state index contributed by atoms with van der Waals surface area (Å²) in [5, 5.41) is 3.47. The SMILES string of the molecule is C#CCCCOc1c(Br)cc(CNC(C)(C)C)cc1Br. The topological polar surface area (TPSA) is 21.3 Å². The molecule has 0 saturated carbocycles. The lowest BCUT2D eigenvalue weighted by Crippen LogP contribution is -2.35. The van der Waals surface area contributed by atoms with Crippen LogP contribution in [0.3, 0.4) is 0 Å². The van der Waals surface area contributed by atoms with Crippen molar-refractivity contribution in [1.29, 1.82) is 0 Å². The number of hydrogen-bond acceptors (Lipinski definition) is 2. The van der Waals surface area contributed by atoms with E-state index in [9.17, 15) is 0 Å². The molecule has 20 heavy (non-hydrogen) atoms. The molecule has 0 fully saturated rings. The number of hydrogen-bond donors (Lipinski definition) is 1. The van der Waals surface area contributed by atoms with E-state index in [1.54, 1.807) is 0 Å². The fraction of sp³-hybridized carbons (Fsp3) is 0.500. The number of halogens is 2. The first kappa shape index (κ1) is 17.6. The molecule has 0 atom stereocenters. The van der Waals surface area contributed by atoms with Crippen molar-refractivity contribution in [3.8, 4) is 18.1 Å². The lowest BCUT2D eigenvalue weighted by molar-refractivity contribution is 0.309. The van der Waals surface area contributed by atoms with E-state index in [1.807, 2.05) is 0 Å². The Bertz CT molecular complexity index is 463. The summed E-state index contributed by atoms with van der Waals surface area (Å²) >= 11 is 7.13. The van der Waals surface area contributed by atoms with E-state index in [-0.39, 0.29) is 5.54 Å². The Morgan fingerprint density at radius 2 is 1.85 bits per heavy atom. The van der Waals surface area contributed by atoms with Gasteiger partial charge in [0.1, 0.15) is 5.75 Å². The van der Waals surface area contributed by atoms with E-state index >= 15 is 0 Å². The number of nitrogens with one attached hydrogen (secondary N) is 1. The Balaban J connectivity index is 2.69. The zero-order chi connectivity index (χ0) is 15.2. The summed E-state index contributed by atoms with van der Waals surface area (Å²) in [7, 11) is 0. The Labute approximate surface area is 138 Å². The maximum Gasteiger partial charge on any atom is 0.147 e. The molecule has 0 radical (unpaired) electrons. The molecule has 0 unspecified atom stereocenters. The van der Waals surface area contributed by atoms with Crippen LogP contribution in [0.5, 0.6) is 5.75 Å². The first-order valence-electron chi connectivity index (χ1n) is 6.62. The third-order valence-corrected chi connectivity index (χ3v) is 3.77. The highest BCUT2D eigenvalue weighted by molar-refractivity contribution is 9.11. The molecule has 1 aromatic carbocycles. The van der Waals surface area contributed by atoms with Crippen molar-refractivity contribution in [3.63, 3.8) is 0 Å². The van der Waals surface area contributed by atoms with Gasteiger partial charge >= 0.3 is 0 Å². The second-order valence-electron chi connectivity index (χ2n) is 5.65. The van der Waals surface area contributed by atoms with Gasteiger partial charge in [-0.1, -0.05) is 0 Å². The van der Waals surface area contributed by atoms with Gasteiger partial charge in [0.25, 0.3) is 0 Å². The van der Waals surface area contributed by atoms with Crippen LogP contribution in [0.1, 0.15) is 39.2 Å². The average molecular weight is 403 g/mol. The van der Waals surface area contributed by atoms with Gasteiger partial charge in [0.15, 0.2) is 0 Å². The molecule has 0 aliphatic carbocycles. The van der Waals surface area contributed by atoms with Crippen molar-refractivity contribution >= 4 is 31.9 Å². The molecule has 0 amide bonds. The summed E-state index contributed by atoms with van der Waals surface area (Å²) in [5.74, 6) is 3.45. The maximum absolute atomic E-state index is 5.76. The summed E-state index contributed by atoms with van der Waals surface area (Å²) in [6, 6.07) is 4.17. The first-order chi connectivity index (χ1) is 9.33. The van der Waals surface area contributed by atoms with Crippen LogP contribution in [-0.2, 0) is 6.54 Å². The lowest BCUT2D eigenvalue weighted by Gasteiger charge is -2.21. The minimum absolute atomic E-state index is 0.101. The van der Waals surface area contributed by atoms with E-state index in [2.05, 4.69) is 76.0 Å². The molecular formula is C16H21Br2NO. The summed E-state index contributed by atoms with van der Waals surface area (Å²) in [4.78, 5) is 0. The van der Waals surface area contributed by atoms with E-state index in [4.69, 9.17) is 11.2 Å². The largest absolute Gasteiger partial charge is 0.491 e. The normalized spacial score (nSPS) is 11.2. The summed E-state index contributed by atoms with van der Waals surface area (Å²) in [6.45, 7) is 7.90. The smallest absolute Gasteiger partial charge is 0.147 e. The van der Waals surface area contributed by atoms with Gasteiger partial charge in [0, 0.05) is 18.5 Å². The van der Waals surface area contributed by atoms with Crippen molar-refractivity contribution in [2.45, 2.75) is 45.7 Å². The second kappa shape index (κ2) is 8.07. The number of unbranched alkanes of at least 4 members (excludes halogenated alkanes) is 1. The third-order valence-electron chi connectivity index (χ3n) is 2.59. The maximum atomic E-state index is 5.76. The molecule has 0 heterocycles. The quantitative estimate of drug-likeness (QED) is 0.540. The van der Waals surface area contributed by atoms with E-state index in [0.717, 1.165) is 34.1 Å². The molecule has 0 aromatic heterocycles. The fourth-order valence-corrected chi connectivity index (χ4v) is 3.08. The minimum Gasteiger partial charge on any atom is -0.491 e. The van der Waals surface area contributed by atoms with Gasteiger partial charge in [-0.3, -0.25) is 0 Å². The Kier molecular flexibility index (Phi) is 7.08. The van der Waals surface area contributed by atoms with Crippen LogP contribution in [0, 0.1) is 12.3 Å². The second-order valence-corrected chi connectivity index (χ2v) is 7.36.